The number of phosphoric acid groups is 1. The molecule has 0 spiro atoms. The molecule has 3 unspecified atom stereocenters. The molecule has 8 atom stereocenters. The Morgan fingerprint density at radius 2 is 1.18 bits per heavy atom. The van der Waals surface area contributed by atoms with Crippen molar-refractivity contribution < 1.29 is 65.5 Å². The van der Waals surface area contributed by atoms with Crippen molar-refractivity contribution in [1.82, 2.24) is 6.15 Å². The Balaban J connectivity index is 0.0000194. The normalized spacial score (nSPS) is 30.4. The highest BCUT2D eigenvalue weighted by atomic mass is 31.2. The summed E-state index contributed by atoms with van der Waals surface area (Å²) in [5.41, 5.74) is 0. The molecule has 0 aliphatic heterocycles. The number of aliphatic hydroxyl groups is 6. The van der Waals surface area contributed by atoms with Crippen molar-refractivity contribution in [3.05, 3.63) is 0 Å². The van der Waals surface area contributed by atoms with Crippen LogP contribution in [0.25, 0.3) is 0 Å². The molecule has 1 rings (SSSR count). The van der Waals surface area contributed by atoms with Gasteiger partial charge in [-0.3, -0.25) is 13.8 Å². The molecule has 0 radical (unpaired) electrons. The average molecular weight is 609 g/mol. The highest BCUT2D eigenvalue weighted by Gasteiger charge is 2.51. The van der Waals surface area contributed by atoms with Crippen LogP contribution in [0, 0.1) is 0 Å². The topological polar surface area (TPSA) is 238 Å². The van der Waals surface area contributed by atoms with Gasteiger partial charge in [0, 0.05) is 6.42 Å². The molecule has 0 aromatic carbocycles. The van der Waals surface area contributed by atoms with Crippen molar-refractivity contribution in [2.75, 3.05) is 13.1 Å². The lowest BCUT2D eigenvalue weighted by molar-refractivity contribution is -0.220. The highest BCUT2D eigenvalue weighted by Crippen LogP contribution is 2.47. The average Bonchev–Trinajstić information content (AvgIpc) is 2.92. The van der Waals surface area contributed by atoms with Gasteiger partial charge >= 0.3 is 13.8 Å². The molecule has 1 aliphatic rings. The Bertz CT molecular complexity index is 890. The number of ether oxygens (including phenoxy) is 1. The van der Waals surface area contributed by atoms with E-state index in [-0.39, 0.29) is 12.6 Å². The first-order valence-electron chi connectivity index (χ1n) is 16.4. The van der Waals surface area contributed by atoms with Gasteiger partial charge in [0.25, 0.3) is 0 Å². The van der Waals surface area contributed by atoms with Gasteiger partial charge < -0.3 is 46.4 Å². The van der Waals surface area contributed by atoms with E-state index in [4.69, 9.17) is 6.85 Å². The quantitative estimate of drug-likeness (QED) is 0.0500. The minimum atomic E-state index is -5.86. The molecular weight excluding hydrogens is 549 g/mol. The van der Waals surface area contributed by atoms with Crippen molar-refractivity contribution in [1.29, 1.82) is 0 Å². The van der Waals surface area contributed by atoms with Crippen LogP contribution < -0.4 is 6.15 Å². The molecule has 0 heterocycles. The Morgan fingerprint density at radius 3 is 1.62 bits per heavy atom. The van der Waals surface area contributed by atoms with Gasteiger partial charge in [0.1, 0.15) is 49.3 Å². The second-order valence-corrected chi connectivity index (χ2v) is 11.3. The number of esters is 1. The van der Waals surface area contributed by atoms with Crippen LogP contribution in [-0.4, -0.2) is 97.3 Å². The molecule has 0 amide bonds. The third-order valence-corrected chi connectivity index (χ3v) is 7.41. The number of unbranched alkanes of at least 4 members (excludes halogenated alkanes) is 13. The fourth-order valence-corrected chi connectivity index (χ4v) is 5.04. The standard InChI is InChI=1S/C26H51O12P.H3N/c1-2-3-4-5-6-7-8-9-10-11-12-13-14-15-16-20(28)36-17-19(27)18-37-39(34,35)38-26-24(32)22(30)21(29)23(31)25(26)33;/h19,21-27,29-33H,2-18H2,1H3,(H,34,35);1H3/t19-,21?,22-,23+,24-,25-,26?;/m1./s1/i17D2,18D2,19D;. The Hall–Kier alpha value is -0.700. The maximum absolute atomic E-state index is 12.4. The molecule has 1 aliphatic carbocycles. The van der Waals surface area contributed by atoms with Crippen LogP contribution in [0.5, 0.6) is 0 Å². The van der Waals surface area contributed by atoms with Gasteiger partial charge in [-0.2, -0.15) is 0 Å². The van der Waals surface area contributed by atoms with E-state index in [1.165, 1.54) is 51.4 Å². The summed E-state index contributed by atoms with van der Waals surface area (Å²) in [6, 6.07) is 0. The van der Waals surface area contributed by atoms with E-state index in [9.17, 15) is 44.9 Å². The minimum absolute atomic E-state index is 0. The van der Waals surface area contributed by atoms with Crippen LogP contribution >= 0.6 is 7.82 Å². The summed E-state index contributed by atoms with van der Waals surface area (Å²) in [4.78, 5) is 22.2. The summed E-state index contributed by atoms with van der Waals surface area (Å²) >= 11 is 0. The van der Waals surface area contributed by atoms with E-state index in [0.717, 1.165) is 25.7 Å². The third-order valence-electron chi connectivity index (χ3n) is 6.58. The molecular formula is C26H54NO12P. The summed E-state index contributed by atoms with van der Waals surface area (Å²) in [7, 11) is -5.86. The van der Waals surface area contributed by atoms with Crippen LogP contribution in [0.15, 0.2) is 0 Å². The molecule has 240 valence electrons. The molecule has 14 heteroatoms. The van der Waals surface area contributed by atoms with E-state index in [2.05, 4.69) is 20.7 Å². The summed E-state index contributed by atoms with van der Waals surface area (Å²) in [5.74, 6) is -1.20. The smallest absolute Gasteiger partial charge is 0.463 e. The van der Waals surface area contributed by atoms with E-state index in [1.54, 1.807) is 0 Å². The maximum atomic E-state index is 12.4. The van der Waals surface area contributed by atoms with Gasteiger partial charge in [-0.15, -0.1) is 0 Å². The predicted octanol–water partition coefficient (Wildman–Crippen LogP) is 2.24. The van der Waals surface area contributed by atoms with Crippen molar-refractivity contribution >= 4 is 13.8 Å². The first-order valence-corrected chi connectivity index (χ1v) is 15.4. The first-order chi connectivity index (χ1) is 20.3. The summed E-state index contributed by atoms with van der Waals surface area (Å²) in [6.07, 6.45) is -2.75. The second kappa shape index (κ2) is 21.9. The van der Waals surface area contributed by atoms with Crippen LogP contribution in [0.2, 0.25) is 0 Å². The zero-order valence-corrected chi connectivity index (χ0v) is 24.3. The summed E-state index contributed by atoms with van der Waals surface area (Å²) < 4.78 is 64.3. The highest BCUT2D eigenvalue weighted by molar-refractivity contribution is 7.47. The first kappa shape index (κ1) is 30.7. The van der Waals surface area contributed by atoms with Crippen molar-refractivity contribution in [3.63, 3.8) is 0 Å². The maximum Gasteiger partial charge on any atom is 0.472 e. The minimum Gasteiger partial charge on any atom is -0.463 e. The molecule has 0 aromatic rings. The zero-order chi connectivity index (χ0) is 33.8. The summed E-state index contributed by atoms with van der Waals surface area (Å²) in [5, 5.41) is 59.3. The van der Waals surface area contributed by atoms with Crippen molar-refractivity contribution in [2.45, 2.75) is 146 Å². The molecule has 10 N–H and O–H groups in total. The van der Waals surface area contributed by atoms with Gasteiger partial charge in [-0.05, 0) is 6.42 Å². The van der Waals surface area contributed by atoms with Gasteiger partial charge in [0.05, 0.1) is 13.4 Å². The lowest BCUT2D eigenvalue weighted by atomic mass is 9.85. The van der Waals surface area contributed by atoms with E-state index >= 15 is 0 Å². The Morgan fingerprint density at radius 1 is 0.775 bits per heavy atom. The van der Waals surface area contributed by atoms with Crippen LogP contribution in [-0.2, 0) is 23.1 Å². The lowest BCUT2D eigenvalue weighted by Gasteiger charge is -2.41. The fourth-order valence-electron chi connectivity index (χ4n) is 4.24. The molecule has 13 nitrogen and oxygen atoms in total. The Labute approximate surface area is 245 Å². The fraction of sp³-hybridized carbons (Fsp3) is 0.962. The molecule has 0 bridgehead atoms. The SMILES string of the molecule is N.[2H]C([2H])(OC(=O)CCCCCCCCCCCCCCCC)[C@@]([2H])(O)C([2H])([2H])OP(=O)(O)OC1[C@H](O)[C@H](O)C(O)[C@H](O)[C@H]1O. The Kier molecular flexibility index (Phi) is 16.9. The van der Waals surface area contributed by atoms with E-state index < -0.39 is 69.6 Å². The second-order valence-electron chi connectivity index (χ2n) is 9.96. The number of hydrogen-bond acceptors (Lipinski definition) is 12. The number of rotatable bonds is 22. The van der Waals surface area contributed by atoms with Crippen LogP contribution in [0.4, 0.5) is 0 Å². The van der Waals surface area contributed by atoms with Crippen molar-refractivity contribution in [2.24, 2.45) is 0 Å². The van der Waals surface area contributed by atoms with Gasteiger partial charge in [0.15, 0.2) is 0 Å². The van der Waals surface area contributed by atoms with Crippen LogP contribution in [0.1, 0.15) is 110 Å². The van der Waals surface area contributed by atoms with Gasteiger partial charge in [0.2, 0.25) is 0 Å². The van der Waals surface area contributed by atoms with E-state index in [0.29, 0.717) is 12.8 Å². The molecule has 0 aromatic heterocycles. The third kappa shape index (κ3) is 16.1. The molecule has 0 saturated heterocycles. The molecule has 1 saturated carbocycles. The largest absolute Gasteiger partial charge is 0.472 e. The number of hydrogen-bond donors (Lipinski definition) is 8. The van der Waals surface area contributed by atoms with Gasteiger partial charge in [-0.1, -0.05) is 90.4 Å². The monoisotopic (exact) mass is 608 g/mol. The number of aliphatic hydroxyl groups excluding tert-OH is 5. The van der Waals surface area contributed by atoms with Gasteiger partial charge in [-0.25, -0.2) is 4.57 Å². The number of carbonyl (C=O) groups is 1. The zero-order valence-electron chi connectivity index (χ0n) is 28.4. The van der Waals surface area contributed by atoms with Crippen LogP contribution in [0.3, 0.4) is 0 Å². The molecule has 1 fully saturated rings. The predicted molar refractivity (Wildman–Crippen MR) is 148 cm³/mol. The molecule has 40 heavy (non-hydrogen) atoms. The van der Waals surface area contributed by atoms with E-state index in [1.807, 2.05) is 0 Å². The number of phosphoric ester groups is 1. The number of carbonyl (C=O) groups excluding carboxylic acids is 1. The summed E-state index contributed by atoms with van der Waals surface area (Å²) in [6.45, 7) is -5.72. The lowest BCUT2D eigenvalue weighted by Crippen LogP contribution is -2.64. The van der Waals surface area contributed by atoms with Crippen molar-refractivity contribution in [3.8, 4) is 0 Å².